The van der Waals surface area contributed by atoms with E-state index in [4.69, 9.17) is 10.9 Å². The number of nitrogen functional groups attached to an aromatic ring is 1. The quantitative estimate of drug-likeness (QED) is 0.677. The van der Waals surface area contributed by atoms with Gasteiger partial charge in [-0.3, -0.25) is 0 Å². The van der Waals surface area contributed by atoms with Crippen LogP contribution < -0.4 is 10.9 Å². The van der Waals surface area contributed by atoms with Crippen LogP contribution in [-0.2, 0) is 26.0 Å². The van der Waals surface area contributed by atoms with E-state index in [1.54, 1.807) is 24.3 Å². The van der Waals surface area contributed by atoms with E-state index in [-0.39, 0.29) is 31.9 Å². The molecule has 10 heteroatoms. The Balaban J connectivity index is 2.07. The molecule has 0 saturated carbocycles. The van der Waals surface area contributed by atoms with E-state index in [1.165, 1.54) is 4.31 Å². The molecule has 0 unspecified atom stereocenters. The number of nitrogens with zero attached hydrogens (tertiary/aromatic N) is 2. The Kier molecular flexibility index (Phi) is 4.54. The van der Waals surface area contributed by atoms with Crippen molar-refractivity contribution in [3.63, 3.8) is 0 Å². The molecule has 2 rings (SSSR count). The molecular weight excluding hydrogens is 316 g/mol. The number of hydrogen-bond acceptors (Lipinski definition) is 5. The highest BCUT2D eigenvalue weighted by Gasteiger charge is 2.30. The number of benzene rings is 1. The topological polar surface area (TPSA) is 127 Å². The highest BCUT2D eigenvalue weighted by atomic mass is 32.2. The van der Waals surface area contributed by atoms with E-state index in [2.05, 4.69) is 0 Å². The summed E-state index contributed by atoms with van der Waals surface area (Å²) in [5, 5.41) is 5.02. The standard InChI is InChI=1S/C11H18N4O4S2/c12-11-4-2-1-3-10(11)9-20(16,17)14-5-7-15(8-6-14)21(13,18)19/h1-4H,5-9,12H2,(H2,13,18,19). The minimum absolute atomic E-state index is 0.0579. The highest BCUT2D eigenvalue weighted by molar-refractivity contribution is 7.88. The second-order valence-electron chi connectivity index (χ2n) is 4.80. The lowest BCUT2D eigenvalue weighted by Gasteiger charge is -2.32. The third-order valence-corrected chi connectivity index (χ3v) is 6.26. The molecular formula is C11H18N4O4S2. The molecule has 4 N–H and O–H groups in total. The summed E-state index contributed by atoms with van der Waals surface area (Å²) < 4.78 is 49.4. The lowest BCUT2D eigenvalue weighted by molar-refractivity contribution is 0.273. The molecule has 0 aromatic heterocycles. The Morgan fingerprint density at radius 3 is 2.00 bits per heavy atom. The summed E-state index contributed by atoms with van der Waals surface area (Å²) in [5.41, 5.74) is 6.70. The summed E-state index contributed by atoms with van der Waals surface area (Å²) in [7, 11) is -7.31. The molecule has 0 radical (unpaired) electrons. The van der Waals surface area contributed by atoms with Crippen LogP contribution in [0.15, 0.2) is 24.3 Å². The van der Waals surface area contributed by atoms with Gasteiger partial charge < -0.3 is 5.73 Å². The van der Waals surface area contributed by atoms with Gasteiger partial charge in [-0.1, -0.05) is 18.2 Å². The Labute approximate surface area is 124 Å². The van der Waals surface area contributed by atoms with Crippen molar-refractivity contribution in [1.82, 2.24) is 8.61 Å². The van der Waals surface area contributed by atoms with Gasteiger partial charge in [0, 0.05) is 31.9 Å². The Hall–Kier alpha value is -1.20. The van der Waals surface area contributed by atoms with Gasteiger partial charge in [0.15, 0.2) is 0 Å². The van der Waals surface area contributed by atoms with E-state index in [0.717, 1.165) is 4.31 Å². The van der Waals surface area contributed by atoms with E-state index in [9.17, 15) is 16.8 Å². The largest absolute Gasteiger partial charge is 0.398 e. The second kappa shape index (κ2) is 5.89. The monoisotopic (exact) mass is 334 g/mol. The Bertz CT molecular complexity index is 709. The molecule has 0 bridgehead atoms. The maximum atomic E-state index is 12.3. The first-order chi connectivity index (χ1) is 9.70. The van der Waals surface area contributed by atoms with E-state index < -0.39 is 20.2 Å². The van der Waals surface area contributed by atoms with E-state index in [1.807, 2.05) is 0 Å². The van der Waals surface area contributed by atoms with Crippen molar-refractivity contribution >= 4 is 25.9 Å². The summed E-state index contributed by atoms with van der Waals surface area (Å²) >= 11 is 0. The number of piperazine rings is 1. The summed E-state index contributed by atoms with van der Waals surface area (Å²) in [6.07, 6.45) is 0. The van der Waals surface area contributed by atoms with Crippen molar-refractivity contribution in [2.45, 2.75) is 5.75 Å². The van der Waals surface area contributed by atoms with Gasteiger partial charge in [-0.15, -0.1) is 0 Å². The van der Waals surface area contributed by atoms with Crippen molar-refractivity contribution in [3.05, 3.63) is 29.8 Å². The van der Waals surface area contributed by atoms with Gasteiger partial charge in [0.2, 0.25) is 10.0 Å². The van der Waals surface area contributed by atoms with Crippen LogP contribution in [0.25, 0.3) is 0 Å². The first-order valence-corrected chi connectivity index (χ1v) is 9.40. The van der Waals surface area contributed by atoms with Crippen LogP contribution in [0.3, 0.4) is 0 Å². The third-order valence-electron chi connectivity index (χ3n) is 3.34. The Morgan fingerprint density at radius 2 is 1.48 bits per heavy atom. The molecule has 1 saturated heterocycles. The molecule has 1 aliphatic rings. The fourth-order valence-corrected chi connectivity index (χ4v) is 4.39. The van der Waals surface area contributed by atoms with Crippen LogP contribution in [0.1, 0.15) is 5.56 Å². The van der Waals surface area contributed by atoms with Gasteiger partial charge in [0.1, 0.15) is 0 Å². The minimum atomic E-state index is -3.77. The zero-order valence-electron chi connectivity index (χ0n) is 11.3. The van der Waals surface area contributed by atoms with Gasteiger partial charge >= 0.3 is 0 Å². The molecule has 0 amide bonds. The summed E-state index contributed by atoms with van der Waals surface area (Å²) in [4.78, 5) is 0. The van der Waals surface area contributed by atoms with Gasteiger partial charge in [-0.2, -0.15) is 17.0 Å². The summed E-state index contributed by atoms with van der Waals surface area (Å²) in [6.45, 7) is 0.293. The molecule has 118 valence electrons. The lowest BCUT2D eigenvalue weighted by atomic mass is 10.2. The van der Waals surface area contributed by atoms with Crippen LogP contribution in [-0.4, -0.2) is 51.6 Å². The summed E-state index contributed by atoms with van der Waals surface area (Å²) in [6, 6.07) is 6.76. The predicted molar refractivity (Wildman–Crippen MR) is 79.7 cm³/mol. The van der Waals surface area contributed by atoms with Crippen molar-refractivity contribution in [2.75, 3.05) is 31.9 Å². The number of hydrogen-bond donors (Lipinski definition) is 2. The summed E-state index contributed by atoms with van der Waals surface area (Å²) in [5.74, 6) is -0.199. The molecule has 0 aliphatic carbocycles. The smallest absolute Gasteiger partial charge is 0.276 e. The molecule has 21 heavy (non-hydrogen) atoms. The number of nitrogens with two attached hydrogens (primary N) is 2. The van der Waals surface area contributed by atoms with Crippen molar-refractivity contribution < 1.29 is 16.8 Å². The van der Waals surface area contributed by atoms with Crippen molar-refractivity contribution in [3.8, 4) is 0 Å². The number of anilines is 1. The maximum Gasteiger partial charge on any atom is 0.276 e. The number of sulfonamides is 1. The van der Waals surface area contributed by atoms with Crippen LogP contribution in [0.5, 0.6) is 0 Å². The molecule has 0 spiro atoms. The zero-order valence-corrected chi connectivity index (χ0v) is 13.0. The SMILES string of the molecule is Nc1ccccc1CS(=O)(=O)N1CCN(S(N)(=O)=O)CC1. The second-order valence-corrected chi connectivity index (χ2v) is 8.31. The van der Waals surface area contributed by atoms with Crippen LogP contribution >= 0.6 is 0 Å². The van der Waals surface area contributed by atoms with E-state index >= 15 is 0 Å². The molecule has 8 nitrogen and oxygen atoms in total. The van der Waals surface area contributed by atoms with Gasteiger partial charge in [0.25, 0.3) is 10.2 Å². The molecule has 1 aliphatic heterocycles. The molecule has 1 heterocycles. The zero-order chi connectivity index (χ0) is 15.7. The molecule has 1 aromatic carbocycles. The normalized spacial score (nSPS) is 18.7. The lowest BCUT2D eigenvalue weighted by Crippen LogP contribution is -2.52. The van der Waals surface area contributed by atoms with Crippen molar-refractivity contribution in [2.24, 2.45) is 5.14 Å². The van der Waals surface area contributed by atoms with E-state index in [0.29, 0.717) is 11.3 Å². The maximum absolute atomic E-state index is 12.3. The molecule has 0 atom stereocenters. The first kappa shape index (κ1) is 16.2. The number of para-hydroxylation sites is 1. The highest BCUT2D eigenvalue weighted by Crippen LogP contribution is 2.18. The minimum Gasteiger partial charge on any atom is -0.398 e. The number of rotatable bonds is 4. The average molecular weight is 334 g/mol. The fourth-order valence-electron chi connectivity index (χ4n) is 2.16. The van der Waals surface area contributed by atoms with Gasteiger partial charge in [0.05, 0.1) is 5.75 Å². The van der Waals surface area contributed by atoms with Crippen LogP contribution in [0.2, 0.25) is 0 Å². The molecule has 1 aromatic rings. The van der Waals surface area contributed by atoms with Crippen molar-refractivity contribution in [1.29, 1.82) is 0 Å². The van der Waals surface area contributed by atoms with Gasteiger partial charge in [-0.25, -0.2) is 13.6 Å². The predicted octanol–water partition coefficient (Wildman–Crippen LogP) is -1.08. The average Bonchev–Trinajstić information content (AvgIpc) is 2.40. The molecule has 1 fully saturated rings. The van der Waals surface area contributed by atoms with Gasteiger partial charge in [-0.05, 0) is 11.6 Å². The van der Waals surface area contributed by atoms with Crippen LogP contribution in [0.4, 0.5) is 5.69 Å². The first-order valence-electron chi connectivity index (χ1n) is 6.29. The van der Waals surface area contributed by atoms with Crippen LogP contribution in [0, 0.1) is 0 Å². The fraction of sp³-hybridized carbons (Fsp3) is 0.455. The third kappa shape index (κ3) is 3.92. The Morgan fingerprint density at radius 1 is 0.952 bits per heavy atom.